The summed E-state index contributed by atoms with van der Waals surface area (Å²) < 4.78 is 10.3. The molecule has 122 valence electrons. The summed E-state index contributed by atoms with van der Waals surface area (Å²) in [5.74, 6) is 1.70. The number of fused-ring (bicyclic) bond motifs is 1. The first-order valence-corrected chi connectivity index (χ1v) is 8.12. The van der Waals surface area contributed by atoms with Crippen LogP contribution in [0.15, 0.2) is 22.7 Å². The zero-order chi connectivity index (χ0) is 16.4. The Morgan fingerprint density at radius 2 is 2.26 bits per heavy atom. The van der Waals surface area contributed by atoms with Crippen LogP contribution in [0.2, 0.25) is 0 Å². The van der Waals surface area contributed by atoms with Gasteiger partial charge in [0.2, 0.25) is 11.7 Å². The maximum atomic E-state index is 11.9. The second-order valence-corrected chi connectivity index (χ2v) is 6.57. The highest BCUT2D eigenvalue weighted by atomic mass is 16.5. The van der Waals surface area contributed by atoms with Crippen LogP contribution in [-0.2, 0) is 16.0 Å². The molecule has 5 nitrogen and oxygen atoms in total. The molecular weight excluding hydrogens is 292 g/mol. The Labute approximate surface area is 136 Å². The van der Waals surface area contributed by atoms with Crippen molar-refractivity contribution in [2.24, 2.45) is 5.92 Å². The van der Waals surface area contributed by atoms with Crippen molar-refractivity contribution in [2.75, 3.05) is 6.61 Å². The molecule has 0 fully saturated rings. The Bertz CT molecular complexity index is 706. The number of hydrogen-bond donors (Lipinski definition) is 0. The quantitative estimate of drug-likeness (QED) is 0.788. The van der Waals surface area contributed by atoms with Gasteiger partial charge in [0, 0.05) is 12.5 Å². The smallest absolute Gasteiger partial charge is 0.306 e. The third-order valence-corrected chi connectivity index (χ3v) is 4.12. The van der Waals surface area contributed by atoms with E-state index in [9.17, 15) is 4.79 Å². The van der Waals surface area contributed by atoms with Crippen LogP contribution in [0.3, 0.4) is 0 Å². The van der Waals surface area contributed by atoms with Crippen molar-refractivity contribution in [3.05, 3.63) is 35.2 Å². The number of hydrogen-bond acceptors (Lipinski definition) is 5. The lowest BCUT2D eigenvalue weighted by molar-refractivity contribution is -0.145. The van der Waals surface area contributed by atoms with E-state index >= 15 is 0 Å². The van der Waals surface area contributed by atoms with Crippen molar-refractivity contribution in [1.29, 1.82) is 0 Å². The van der Waals surface area contributed by atoms with Crippen LogP contribution < -0.4 is 0 Å². The molecule has 0 radical (unpaired) electrons. The predicted octanol–water partition coefficient (Wildman–Crippen LogP) is 3.66. The van der Waals surface area contributed by atoms with Gasteiger partial charge in [0.05, 0.1) is 13.0 Å². The zero-order valence-corrected chi connectivity index (χ0v) is 13.8. The topological polar surface area (TPSA) is 65.2 Å². The number of esters is 1. The number of nitrogens with zero attached hydrogens (tertiary/aromatic N) is 2. The van der Waals surface area contributed by atoms with Gasteiger partial charge in [-0.3, -0.25) is 4.79 Å². The van der Waals surface area contributed by atoms with Gasteiger partial charge in [-0.25, -0.2) is 0 Å². The molecule has 0 spiro atoms. The molecule has 1 aromatic carbocycles. The Kier molecular flexibility index (Phi) is 4.46. The molecule has 23 heavy (non-hydrogen) atoms. The minimum Gasteiger partial charge on any atom is -0.465 e. The fourth-order valence-electron chi connectivity index (χ4n) is 2.99. The molecule has 0 bridgehead atoms. The van der Waals surface area contributed by atoms with Crippen LogP contribution in [0.4, 0.5) is 0 Å². The van der Waals surface area contributed by atoms with Crippen molar-refractivity contribution in [2.45, 2.75) is 46.0 Å². The Balaban J connectivity index is 1.70. The van der Waals surface area contributed by atoms with Crippen LogP contribution in [0.1, 0.15) is 49.6 Å². The lowest BCUT2D eigenvalue weighted by Crippen LogP contribution is -2.12. The van der Waals surface area contributed by atoms with Crippen molar-refractivity contribution in [3.63, 3.8) is 0 Å². The van der Waals surface area contributed by atoms with E-state index in [0.717, 1.165) is 18.4 Å². The molecule has 1 aliphatic carbocycles. The third-order valence-electron chi connectivity index (χ3n) is 4.12. The van der Waals surface area contributed by atoms with Gasteiger partial charge in [-0.05, 0) is 41.9 Å². The maximum Gasteiger partial charge on any atom is 0.306 e. The number of ether oxygens (including phenoxy) is 1. The summed E-state index contributed by atoms with van der Waals surface area (Å²) >= 11 is 0. The predicted molar refractivity (Wildman–Crippen MR) is 85.9 cm³/mol. The van der Waals surface area contributed by atoms with Gasteiger partial charge in [0.25, 0.3) is 0 Å². The first-order chi connectivity index (χ1) is 11.0. The van der Waals surface area contributed by atoms with E-state index in [4.69, 9.17) is 9.26 Å². The third kappa shape index (κ3) is 3.60. The standard InChI is InChI=1S/C18H22N2O3/c1-11(2)10-22-17(21)9-14-5-4-13-8-15(6-7-16(13)14)18-19-12(3)23-20-18/h6-8,11,14H,4-5,9-10H2,1-3H3/t14-/m0/s1. The molecule has 1 aliphatic rings. The van der Waals surface area contributed by atoms with Gasteiger partial charge in [0.15, 0.2) is 0 Å². The minimum absolute atomic E-state index is 0.102. The largest absolute Gasteiger partial charge is 0.465 e. The number of carbonyl (C=O) groups excluding carboxylic acids is 1. The summed E-state index contributed by atoms with van der Waals surface area (Å²) in [5, 5.41) is 3.96. The van der Waals surface area contributed by atoms with Gasteiger partial charge in [-0.15, -0.1) is 0 Å². The van der Waals surface area contributed by atoms with Crippen molar-refractivity contribution >= 4 is 5.97 Å². The molecule has 0 saturated heterocycles. The Hall–Kier alpha value is -2.17. The van der Waals surface area contributed by atoms with Crippen LogP contribution >= 0.6 is 0 Å². The molecule has 1 aromatic heterocycles. The van der Waals surface area contributed by atoms with Gasteiger partial charge in [-0.2, -0.15) is 4.98 Å². The van der Waals surface area contributed by atoms with Gasteiger partial charge in [0.1, 0.15) is 0 Å². The van der Waals surface area contributed by atoms with Crippen molar-refractivity contribution < 1.29 is 14.1 Å². The van der Waals surface area contributed by atoms with Gasteiger partial charge >= 0.3 is 5.97 Å². The van der Waals surface area contributed by atoms with Crippen LogP contribution in [0.5, 0.6) is 0 Å². The summed E-state index contributed by atoms with van der Waals surface area (Å²) in [6.45, 7) is 6.36. The van der Waals surface area contributed by atoms with Crippen LogP contribution in [-0.4, -0.2) is 22.7 Å². The van der Waals surface area contributed by atoms with E-state index in [1.54, 1.807) is 6.92 Å². The lowest BCUT2D eigenvalue weighted by atomic mass is 9.97. The monoisotopic (exact) mass is 314 g/mol. The number of aryl methyl sites for hydroxylation is 2. The molecule has 1 heterocycles. The summed E-state index contributed by atoms with van der Waals surface area (Å²) in [5.41, 5.74) is 3.48. The van der Waals surface area contributed by atoms with Gasteiger partial charge < -0.3 is 9.26 Å². The minimum atomic E-state index is -0.102. The van der Waals surface area contributed by atoms with E-state index in [1.807, 2.05) is 19.9 Å². The van der Waals surface area contributed by atoms with Crippen molar-refractivity contribution in [1.82, 2.24) is 10.1 Å². The van der Waals surface area contributed by atoms with E-state index < -0.39 is 0 Å². The molecular formula is C18H22N2O3. The molecule has 0 unspecified atom stereocenters. The molecule has 3 rings (SSSR count). The van der Waals surface area contributed by atoms with Crippen molar-refractivity contribution in [3.8, 4) is 11.4 Å². The Morgan fingerprint density at radius 3 is 2.96 bits per heavy atom. The van der Waals surface area contributed by atoms with Gasteiger partial charge in [-0.1, -0.05) is 31.1 Å². The summed E-state index contributed by atoms with van der Waals surface area (Å²) in [6, 6.07) is 6.20. The highest BCUT2D eigenvalue weighted by Crippen LogP contribution is 2.37. The number of benzene rings is 1. The summed E-state index contributed by atoms with van der Waals surface area (Å²) in [6.07, 6.45) is 2.42. The van der Waals surface area contributed by atoms with E-state index in [2.05, 4.69) is 22.3 Å². The molecule has 5 heteroatoms. The Morgan fingerprint density at radius 1 is 1.43 bits per heavy atom. The fourth-order valence-corrected chi connectivity index (χ4v) is 2.99. The van der Waals surface area contributed by atoms with E-state index in [1.165, 1.54) is 11.1 Å². The first-order valence-electron chi connectivity index (χ1n) is 8.12. The average Bonchev–Trinajstić information content (AvgIpc) is 3.11. The SMILES string of the molecule is Cc1nc(-c2ccc3c(c2)CC[C@H]3CC(=O)OCC(C)C)no1. The maximum absolute atomic E-state index is 11.9. The zero-order valence-electron chi connectivity index (χ0n) is 13.8. The lowest BCUT2D eigenvalue weighted by Gasteiger charge is -2.12. The fraction of sp³-hybridized carbons (Fsp3) is 0.500. The average molecular weight is 314 g/mol. The molecule has 2 aromatic rings. The van der Waals surface area contributed by atoms with E-state index in [0.29, 0.717) is 30.7 Å². The highest BCUT2D eigenvalue weighted by molar-refractivity contribution is 5.71. The normalized spacial score (nSPS) is 16.6. The number of carbonyl (C=O) groups is 1. The first kappa shape index (κ1) is 15.7. The summed E-state index contributed by atoms with van der Waals surface area (Å²) in [7, 11) is 0. The molecule has 0 N–H and O–H groups in total. The summed E-state index contributed by atoms with van der Waals surface area (Å²) in [4.78, 5) is 16.2. The second-order valence-electron chi connectivity index (χ2n) is 6.57. The van der Waals surface area contributed by atoms with E-state index in [-0.39, 0.29) is 11.9 Å². The molecule has 0 aliphatic heterocycles. The number of aromatic nitrogens is 2. The highest BCUT2D eigenvalue weighted by Gasteiger charge is 2.26. The van der Waals surface area contributed by atoms with Crippen LogP contribution in [0.25, 0.3) is 11.4 Å². The molecule has 1 atom stereocenters. The molecule has 0 saturated carbocycles. The number of rotatable bonds is 5. The second kappa shape index (κ2) is 6.52. The molecule has 0 amide bonds. The van der Waals surface area contributed by atoms with Crippen LogP contribution in [0, 0.1) is 12.8 Å².